The summed E-state index contributed by atoms with van der Waals surface area (Å²) in [5.41, 5.74) is 0.336. The van der Waals surface area contributed by atoms with E-state index in [0.29, 0.717) is 41.3 Å². The third-order valence-corrected chi connectivity index (χ3v) is 8.43. The summed E-state index contributed by atoms with van der Waals surface area (Å²) in [6.45, 7) is 1.17. The molecule has 1 aromatic heterocycles. The Morgan fingerprint density at radius 2 is 1.68 bits per heavy atom. The Morgan fingerprint density at radius 1 is 1.00 bits per heavy atom. The molecule has 0 spiro atoms. The van der Waals surface area contributed by atoms with Crippen molar-refractivity contribution in [3.05, 3.63) is 125 Å². The van der Waals surface area contributed by atoms with Crippen LogP contribution in [0.3, 0.4) is 0 Å². The molecule has 0 saturated heterocycles. The van der Waals surface area contributed by atoms with Crippen LogP contribution in [0, 0.1) is 17.2 Å². The molecule has 0 radical (unpaired) electrons. The van der Waals surface area contributed by atoms with E-state index >= 15 is 0 Å². The number of hydrogen-bond donors (Lipinski definition) is 2. The molecule has 1 saturated carbocycles. The highest BCUT2D eigenvalue weighted by Crippen LogP contribution is 2.69. The smallest absolute Gasteiger partial charge is 0.177 e. The number of pyridine rings is 1. The fourth-order valence-corrected chi connectivity index (χ4v) is 6.85. The molecular weight excluding hydrogens is 502 g/mol. The van der Waals surface area contributed by atoms with Gasteiger partial charge >= 0.3 is 0 Å². The molecule has 0 amide bonds. The summed E-state index contributed by atoms with van der Waals surface area (Å²) < 4.78 is 12.5. The average Bonchev–Trinajstić information content (AvgIpc) is 3.36. The molecule has 1 fully saturated rings. The van der Waals surface area contributed by atoms with Gasteiger partial charge in [-0.25, -0.2) is 0 Å². The van der Waals surface area contributed by atoms with Crippen LogP contribution in [0.25, 0.3) is 0 Å². The topological polar surface area (TPSA) is 98.8 Å². The van der Waals surface area contributed by atoms with E-state index < -0.39 is 29.1 Å². The lowest BCUT2D eigenvalue weighted by atomic mass is 9.70. The molecule has 6 rings (SSSR count). The lowest BCUT2D eigenvalue weighted by molar-refractivity contribution is -0.152. The van der Waals surface area contributed by atoms with Gasteiger partial charge in [-0.2, -0.15) is 5.26 Å². The Labute approximate surface area is 233 Å². The first-order valence-corrected chi connectivity index (χ1v) is 13.3. The van der Waals surface area contributed by atoms with Gasteiger partial charge in [0, 0.05) is 24.9 Å². The van der Waals surface area contributed by atoms with Crippen LogP contribution in [0.2, 0.25) is 0 Å². The van der Waals surface area contributed by atoms with Gasteiger partial charge in [-0.15, -0.1) is 0 Å². The zero-order chi connectivity index (χ0) is 27.9. The van der Waals surface area contributed by atoms with E-state index in [1.807, 2.05) is 67.7 Å². The molecule has 0 bridgehead atoms. The highest BCUT2D eigenvalue weighted by Gasteiger charge is 2.76. The van der Waals surface area contributed by atoms with E-state index in [0.717, 1.165) is 11.1 Å². The number of hydrogen-bond acceptors (Lipinski definition) is 7. The van der Waals surface area contributed by atoms with Gasteiger partial charge in [-0.1, -0.05) is 72.8 Å². The number of methoxy groups -OCH3 is 1. The molecule has 7 nitrogen and oxygen atoms in total. The highest BCUT2D eigenvalue weighted by atomic mass is 16.5. The number of benzene rings is 3. The first-order valence-electron chi connectivity index (χ1n) is 13.3. The molecule has 40 heavy (non-hydrogen) atoms. The van der Waals surface area contributed by atoms with Crippen molar-refractivity contribution in [3.8, 4) is 17.6 Å². The second kappa shape index (κ2) is 10.1. The quantitative estimate of drug-likeness (QED) is 0.365. The Balaban J connectivity index is 1.56. The highest BCUT2D eigenvalue weighted by molar-refractivity contribution is 5.59. The minimum Gasteiger partial charge on any atom is -0.495 e. The van der Waals surface area contributed by atoms with Crippen LogP contribution < -0.4 is 9.47 Å². The Bertz CT molecular complexity index is 1540. The van der Waals surface area contributed by atoms with Crippen LogP contribution >= 0.6 is 0 Å². The summed E-state index contributed by atoms with van der Waals surface area (Å²) in [6.07, 6.45) is 1.88. The third-order valence-electron chi connectivity index (χ3n) is 8.43. The third kappa shape index (κ3) is 3.80. The van der Waals surface area contributed by atoms with Crippen LogP contribution in [-0.4, -0.2) is 46.9 Å². The van der Waals surface area contributed by atoms with E-state index in [-0.39, 0.29) is 0 Å². The Morgan fingerprint density at radius 3 is 2.33 bits per heavy atom. The second-order valence-corrected chi connectivity index (χ2v) is 10.7. The van der Waals surface area contributed by atoms with Crippen molar-refractivity contribution in [2.24, 2.45) is 5.92 Å². The van der Waals surface area contributed by atoms with E-state index in [4.69, 9.17) is 9.47 Å². The minimum absolute atomic E-state index is 0.347. The molecule has 202 valence electrons. The van der Waals surface area contributed by atoms with Gasteiger partial charge in [0.05, 0.1) is 42.8 Å². The number of nitrogens with zero attached hydrogens (tertiary/aromatic N) is 3. The molecule has 1 aliphatic heterocycles. The van der Waals surface area contributed by atoms with Crippen molar-refractivity contribution in [2.45, 2.75) is 29.8 Å². The number of aliphatic hydroxyl groups excluding tert-OH is 1. The molecule has 3 aromatic carbocycles. The number of aliphatic hydroxyl groups is 2. The predicted octanol–water partition coefficient (Wildman–Crippen LogP) is 4.34. The summed E-state index contributed by atoms with van der Waals surface area (Å²) in [7, 11) is 3.54. The Hall–Kier alpha value is -4.22. The number of ether oxygens (including phenoxy) is 2. The molecule has 1 unspecified atom stereocenters. The van der Waals surface area contributed by atoms with Crippen molar-refractivity contribution < 1.29 is 19.7 Å². The molecule has 1 aliphatic carbocycles. The number of fused-ring (bicyclic) bond motifs is 3. The van der Waals surface area contributed by atoms with Gasteiger partial charge in [0.15, 0.2) is 11.2 Å². The molecule has 5 atom stereocenters. The summed E-state index contributed by atoms with van der Waals surface area (Å²) in [4.78, 5) is 6.45. The van der Waals surface area contributed by atoms with E-state index in [9.17, 15) is 15.5 Å². The SMILES string of the molecule is COc1cncc2c1[C@]1(O)[C@H](O)C(CN(C)Cc3ccccc3)[C@@H](c3ccccc3)[C@]1(c1ccc(C#N)cc1)O2. The fraction of sp³-hybridized carbons (Fsp3) is 0.273. The maximum absolute atomic E-state index is 12.9. The van der Waals surface area contributed by atoms with E-state index in [2.05, 4.69) is 28.1 Å². The van der Waals surface area contributed by atoms with Gasteiger partial charge < -0.3 is 24.6 Å². The lowest BCUT2D eigenvalue weighted by Crippen LogP contribution is -2.52. The van der Waals surface area contributed by atoms with Gasteiger partial charge in [0.25, 0.3) is 0 Å². The lowest BCUT2D eigenvalue weighted by Gasteiger charge is -2.41. The largest absolute Gasteiger partial charge is 0.495 e. The molecule has 2 N–H and O–H groups in total. The van der Waals surface area contributed by atoms with E-state index in [1.165, 1.54) is 13.3 Å². The zero-order valence-electron chi connectivity index (χ0n) is 22.4. The Kier molecular flexibility index (Phi) is 6.55. The van der Waals surface area contributed by atoms with Crippen LogP contribution in [0.15, 0.2) is 97.3 Å². The second-order valence-electron chi connectivity index (χ2n) is 10.7. The summed E-state index contributed by atoms with van der Waals surface area (Å²) in [5, 5.41) is 34.7. The standard InChI is InChI=1S/C33H31N3O4/c1-36(20-23-9-5-3-6-10-23)21-26-29(24-11-7-4-8-12-24)33(25-15-13-22(17-34)14-16-25)32(38,31(26)37)30-27(39-2)18-35-19-28(30)40-33/h3-16,18-19,26,29,31,37-38H,20-21H2,1-2H3/t26?,29-,31-,32+,33+/m1/s1. The molecule has 4 aromatic rings. The molecule has 7 heteroatoms. The van der Waals surface area contributed by atoms with Crippen molar-refractivity contribution in [1.82, 2.24) is 9.88 Å². The first kappa shape index (κ1) is 26.0. The first-order chi connectivity index (χ1) is 19.4. The summed E-state index contributed by atoms with van der Waals surface area (Å²) in [6, 6.07) is 29.3. The van der Waals surface area contributed by atoms with Crippen LogP contribution in [0.4, 0.5) is 0 Å². The zero-order valence-corrected chi connectivity index (χ0v) is 22.4. The molecular formula is C33H31N3O4. The summed E-state index contributed by atoms with van der Waals surface area (Å²) >= 11 is 0. The van der Waals surface area contributed by atoms with Gasteiger partial charge in [0.1, 0.15) is 11.5 Å². The summed E-state index contributed by atoms with van der Waals surface area (Å²) in [5.74, 6) is -0.179. The normalized spacial score (nSPS) is 26.6. The maximum Gasteiger partial charge on any atom is 0.177 e. The van der Waals surface area contributed by atoms with Crippen molar-refractivity contribution in [1.29, 1.82) is 5.26 Å². The fourth-order valence-electron chi connectivity index (χ4n) is 6.85. The average molecular weight is 534 g/mol. The molecule has 2 aliphatic rings. The van der Waals surface area contributed by atoms with Crippen molar-refractivity contribution >= 4 is 0 Å². The maximum atomic E-state index is 12.9. The number of aromatic nitrogens is 1. The van der Waals surface area contributed by atoms with Crippen molar-refractivity contribution in [3.63, 3.8) is 0 Å². The number of rotatable bonds is 7. The van der Waals surface area contributed by atoms with Crippen molar-refractivity contribution in [2.75, 3.05) is 20.7 Å². The predicted molar refractivity (Wildman–Crippen MR) is 150 cm³/mol. The van der Waals surface area contributed by atoms with Crippen LogP contribution in [-0.2, 0) is 17.7 Å². The van der Waals surface area contributed by atoms with Gasteiger partial charge in [0.2, 0.25) is 0 Å². The van der Waals surface area contributed by atoms with Crippen LogP contribution in [0.1, 0.15) is 33.7 Å². The van der Waals surface area contributed by atoms with Crippen LogP contribution in [0.5, 0.6) is 11.5 Å². The van der Waals surface area contributed by atoms with E-state index in [1.54, 1.807) is 18.3 Å². The number of nitriles is 1. The molecule has 2 heterocycles. The van der Waals surface area contributed by atoms with Gasteiger partial charge in [-0.3, -0.25) is 4.98 Å². The minimum atomic E-state index is -1.87. The monoisotopic (exact) mass is 533 g/mol. The van der Waals surface area contributed by atoms with Gasteiger partial charge in [-0.05, 0) is 35.9 Å².